The van der Waals surface area contributed by atoms with Crippen LogP contribution in [0.4, 0.5) is 14.6 Å². The number of halogens is 2. The second kappa shape index (κ2) is 6.67. The van der Waals surface area contributed by atoms with E-state index in [9.17, 15) is 22.3 Å². The number of aromatic nitrogens is 3. The lowest BCUT2D eigenvalue weighted by molar-refractivity contribution is 0.387. The zero-order valence-electron chi connectivity index (χ0n) is 14.9. The minimum atomic E-state index is -3.21. The summed E-state index contributed by atoms with van der Waals surface area (Å²) in [7, 11) is -3.21. The average Bonchev–Trinajstić information content (AvgIpc) is 3.08. The lowest BCUT2D eigenvalue weighted by atomic mass is 10.2. The second-order valence-corrected chi connectivity index (χ2v) is 8.52. The number of fused-ring (bicyclic) bond motifs is 1. The first kappa shape index (κ1) is 18.6. The van der Waals surface area contributed by atoms with Crippen LogP contribution in [0.15, 0.2) is 30.5 Å². The molecule has 4 rings (SSSR count). The molecule has 0 aliphatic carbocycles. The molecule has 3 heterocycles. The van der Waals surface area contributed by atoms with Gasteiger partial charge in [0.05, 0.1) is 23.7 Å². The van der Waals surface area contributed by atoms with E-state index in [1.165, 1.54) is 21.4 Å². The van der Waals surface area contributed by atoms with Crippen molar-refractivity contribution in [2.75, 3.05) is 37.3 Å². The van der Waals surface area contributed by atoms with Crippen molar-refractivity contribution in [3.05, 3.63) is 42.1 Å². The first-order valence-corrected chi connectivity index (χ1v) is 10.3. The number of sulfonamides is 1. The zero-order chi connectivity index (χ0) is 20.1. The van der Waals surface area contributed by atoms with E-state index in [2.05, 4.69) is 10.1 Å². The molecule has 1 saturated heterocycles. The topological polar surface area (TPSA) is 91.6 Å². The third-order valence-corrected chi connectivity index (χ3v) is 5.98. The standard InChI is InChI=1S/C17H17F2N5O3S/c1-28(26,27)23-6-4-22(5-7-23)16-3-2-14-13(21-16)10-20-24(14)11-8-12(18)17(19)15(25)9-11/h2-3,8-10,25H,4-7H2,1H3. The fraction of sp³-hybridized carbons (Fsp3) is 0.294. The molecular formula is C17H17F2N5O3S. The van der Waals surface area contributed by atoms with E-state index in [0.29, 0.717) is 43.0 Å². The molecule has 2 aromatic heterocycles. The Kier molecular flexibility index (Phi) is 4.42. The summed E-state index contributed by atoms with van der Waals surface area (Å²) in [6.45, 7) is 1.78. The van der Waals surface area contributed by atoms with E-state index in [4.69, 9.17) is 0 Å². The van der Waals surface area contributed by atoms with Gasteiger partial charge < -0.3 is 10.0 Å². The number of nitrogens with zero attached hydrogens (tertiary/aromatic N) is 5. The van der Waals surface area contributed by atoms with Crippen LogP contribution in [0, 0.1) is 11.6 Å². The highest BCUT2D eigenvalue weighted by molar-refractivity contribution is 7.88. The van der Waals surface area contributed by atoms with E-state index < -0.39 is 27.4 Å². The number of phenols is 1. The fourth-order valence-corrected chi connectivity index (χ4v) is 4.05. The SMILES string of the molecule is CS(=O)(=O)N1CCN(c2ccc3c(cnn3-c3cc(O)c(F)c(F)c3)n2)CC1. The van der Waals surface area contributed by atoms with Crippen molar-refractivity contribution in [2.45, 2.75) is 0 Å². The Morgan fingerprint density at radius 1 is 1.11 bits per heavy atom. The van der Waals surface area contributed by atoms with Crippen LogP contribution in [-0.2, 0) is 10.0 Å². The summed E-state index contributed by atoms with van der Waals surface area (Å²) in [6, 6.07) is 5.53. The minimum absolute atomic E-state index is 0.169. The Hall–Kier alpha value is -2.79. The predicted molar refractivity (Wildman–Crippen MR) is 99.1 cm³/mol. The Balaban J connectivity index is 1.62. The molecule has 8 nitrogen and oxygen atoms in total. The summed E-state index contributed by atoms with van der Waals surface area (Å²) in [6.07, 6.45) is 2.68. The molecule has 0 atom stereocenters. The summed E-state index contributed by atoms with van der Waals surface area (Å²) in [5.41, 5.74) is 1.26. The predicted octanol–water partition coefficient (Wildman–Crippen LogP) is 1.49. The van der Waals surface area contributed by atoms with Crippen LogP contribution in [-0.4, -0.2) is 65.0 Å². The summed E-state index contributed by atoms with van der Waals surface area (Å²) >= 11 is 0. The van der Waals surface area contributed by atoms with Gasteiger partial charge in [0, 0.05) is 38.3 Å². The van der Waals surface area contributed by atoms with Gasteiger partial charge in [-0.05, 0) is 12.1 Å². The van der Waals surface area contributed by atoms with Gasteiger partial charge in [0.1, 0.15) is 11.3 Å². The molecule has 0 saturated carbocycles. The molecule has 0 spiro atoms. The second-order valence-electron chi connectivity index (χ2n) is 6.54. The van der Waals surface area contributed by atoms with Crippen molar-refractivity contribution in [1.82, 2.24) is 19.1 Å². The molecule has 0 amide bonds. The zero-order valence-corrected chi connectivity index (χ0v) is 15.7. The maximum Gasteiger partial charge on any atom is 0.211 e. The van der Waals surface area contributed by atoms with Crippen LogP contribution >= 0.6 is 0 Å². The number of benzene rings is 1. The molecule has 28 heavy (non-hydrogen) atoms. The van der Waals surface area contributed by atoms with Crippen LogP contribution in [0.3, 0.4) is 0 Å². The summed E-state index contributed by atoms with van der Waals surface area (Å²) in [5, 5.41) is 13.7. The molecule has 1 N–H and O–H groups in total. The summed E-state index contributed by atoms with van der Waals surface area (Å²) in [4.78, 5) is 6.51. The van der Waals surface area contributed by atoms with Crippen LogP contribution < -0.4 is 4.90 Å². The number of rotatable bonds is 3. The monoisotopic (exact) mass is 409 g/mol. The first-order valence-electron chi connectivity index (χ1n) is 8.47. The molecule has 148 valence electrons. The maximum absolute atomic E-state index is 13.6. The van der Waals surface area contributed by atoms with Gasteiger partial charge in [-0.25, -0.2) is 22.5 Å². The van der Waals surface area contributed by atoms with Crippen molar-refractivity contribution < 1.29 is 22.3 Å². The van der Waals surface area contributed by atoms with E-state index in [0.717, 1.165) is 12.1 Å². The minimum Gasteiger partial charge on any atom is -0.505 e. The number of hydrogen-bond donors (Lipinski definition) is 1. The molecule has 3 aromatic rings. The van der Waals surface area contributed by atoms with Crippen LogP contribution in [0.25, 0.3) is 16.7 Å². The Bertz CT molecular complexity index is 1130. The lowest BCUT2D eigenvalue weighted by Gasteiger charge is -2.33. The number of anilines is 1. The largest absolute Gasteiger partial charge is 0.505 e. The molecule has 0 radical (unpaired) electrons. The van der Waals surface area contributed by atoms with Gasteiger partial charge >= 0.3 is 0 Å². The average molecular weight is 409 g/mol. The molecule has 1 aliphatic rings. The Morgan fingerprint density at radius 3 is 2.46 bits per heavy atom. The quantitative estimate of drug-likeness (QED) is 0.705. The molecule has 11 heteroatoms. The lowest BCUT2D eigenvalue weighted by Crippen LogP contribution is -2.48. The van der Waals surface area contributed by atoms with Gasteiger partial charge in [-0.1, -0.05) is 0 Å². The summed E-state index contributed by atoms with van der Waals surface area (Å²) in [5.74, 6) is -2.61. The van der Waals surface area contributed by atoms with Gasteiger partial charge in [-0.15, -0.1) is 0 Å². The third kappa shape index (κ3) is 3.27. The number of pyridine rings is 1. The van der Waals surface area contributed by atoms with E-state index >= 15 is 0 Å². The smallest absolute Gasteiger partial charge is 0.211 e. The van der Waals surface area contributed by atoms with Gasteiger partial charge in [-0.2, -0.15) is 13.8 Å². The van der Waals surface area contributed by atoms with Gasteiger partial charge in [-0.3, -0.25) is 0 Å². The highest BCUT2D eigenvalue weighted by Crippen LogP contribution is 2.26. The normalized spacial score (nSPS) is 16.0. The van der Waals surface area contributed by atoms with Crippen LogP contribution in [0.5, 0.6) is 5.75 Å². The van der Waals surface area contributed by atoms with E-state index in [-0.39, 0.29) is 5.69 Å². The Labute approximate surface area is 159 Å². The van der Waals surface area contributed by atoms with Crippen LogP contribution in [0.2, 0.25) is 0 Å². The molecule has 1 fully saturated rings. The number of phenolic OH excluding ortho intramolecular Hbond substituents is 1. The molecule has 1 aliphatic heterocycles. The van der Waals surface area contributed by atoms with Gasteiger partial charge in [0.25, 0.3) is 0 Å². The third-order valence-electron chi connectivity index (χ3n) is 4.68. The molecular weight excluding hydrogens is 392 g/mol. The van der Waals surface area contributed by atoms with Crippen LogP contribution in [0.1, 0.15) is 0 Å². The highest BCUT2D eigenvalue weighted by Gasteiger charge is 2.24. The van der Waals surface area contributed by atoms with Crippen molar-refractivity contribution in [3.63, 3.8) is 0 Å². The molecule has 1 aromatic carbocycles. The van der Waals surface area contributed by atoms with Crippen molar-refractivity contribution in [2.24, 2.45) is 0 Å². The number of piperazine rings is 1. The van der Waals surface area contributed by atoms with Gasteiger partial charge in [0.2, 0.25) is 10.0 Å². The first-order chi connectivity index (χ1) is 13.2. The molecule has 0 unspecified atom stereocenters. The van der Waals surface area contributed by atoms with Crippen molar-refractivity contribution >= 4 is 26.9 Å². The van der Waals surface area contributed by atoms with Crippen molar-refractivity contribution in [1.29, 1.82) is 0 Å². The molecule has 0 bridgehead atoms. The Morgan fingerprint density at radius 2 is 1.82 bits per heavy atom. The van der Waals surface area contributed by atoms with Gasteiger partial charge in [0.15, 0.2) is 17.4 Å². The number of hydrogen-bond acceptors (Lipinski definition) is 6. The van der Waals surface area contributed by atoms with Crippen molar-refractivity contribution in [3.8, 4) is 11.4 Å². The summed E-state index contributed by atoms with van der Waals surface area (Å²) < 4.78 is 53.0. The number of aromatic hydroxyl groups is 1. The highest BCUT2D eigenvalue weighted by atomic mass is 32.2. The maximum atomic E-state index is 13.6. The fourth-order valence-electron chi connectivity index (χ4n) is 3.22. The van der Waals surface area contributed by atoms with E-state index in [1.807, 2.05) is 4.90 Å². The van der Waals surface area contributed by atoms with E-state index in [1.54, 1.807) is 12.1 Å².